The first-order chi connectivity index (χ1) is 9.40. The van der Waals surface area contributed by atoms with Crippen LogP contribution in [-0.4, -0.2) is 35.0 Å². The van der Waals surface area contributed by atoms with Crippen LogP contribution in [0.3, 0.4) is 0 Å². The largest absolute Gasteiger partial charge is 0.481 e. The van der Waals surface area contributed by atoms with E-state index < -0.39 is 11.9 Å². The van der Waals surface area contributed by atoms with E-state index in [1.807, 2.05) is 13.8 Å². The maximum atomic E-state index is 12.5. The molecule has 1 aromatic heterocycles. The maximum Gasteiger partial charge on any atom is 0.308 e. The molecule has 0 saturated carbocycles. The molecule has 1 fully saturated rings. The average Bonchev–Trinajstić information content (AvgIpc) is 2.80. The predicted octanol–water partition coefficient (Wildman–Crippen LogP) is 2.65. The Morgan fingerprint density at radius 2 is 2.15 bits per heavy atom. The Hall–Kier alpha value is -1.78. The Kier molecular flexibility index (Phi) is 4.16. The van der Waals surface area contributed by atoms with Crippen molar-refractivity contribution in [2.45, 2.75) is 39.5 Å². The number of piperidine rings is 1. The van der Waals surface area contributed by atoms with Crippen molar-refractivity contribution >= 4 is 11.9 Å². The van der Waals surface area contributed by atoms with E-state index in [4.69, 9.17) is 9.52 Å². The highest BCUT2D eigenvalue weighted by Crippen LogP contribution is 2.25. The van der Waals surface area contributed by atoms with Gasteiger partial charge in [0.15, 0.2) is 0 Å². The topological polar surface area (TPSA) is 70.8 Å². The number of rotatable bonds is 3. The molecule has 0 bridgehead atoms. The summed E-state index contributed by atoms with van der Waals surface area (Å²) in [6, 6.07) is 1.78. The van der Waals surface area contributed by atoms with Gasteiger partial charge in [0.2, 0.25) is 0 Å². The van der Waals surface area contributed by atoms with Gasteiger partial charge in [-0.25, -0.2) is 0 Å². The van der Waals surface area contributed by atoms with Gasteiger partial charge in [-0.05, 0) is 25.8 Å². The molecule has 0 radical (unpaired) electrons. The minimum Gasteiger partial charge on any atom is -0.481 e. The number of hydrogen-bond donors (Lipinski definition) is 1. The number of carboxylic acid groups (broad SMARTS) is 1. The van der Waals surface area contributed by atoms with E-state index in [0.717, 1.165) is 12.2 Å². The van der Waals surface area contributed by atoms with Crippen molar-refractivity contribution < 1.29 is 19.1 Å². The zero-order valence-electron chi connectivity index (χ0n) is 12.2. The lowest BCUT2D eigenvalue weighted by atomic mass is 9.97. The van der Waals surface area contributed by atoms with E-state index in [2.05, 4.69) is 0 Å². The van der Waals surface area contributed by atoms with E-state index in [-0.39, 0.29) is 18.4 Å². The first kappa shape index (κ1) is 14.6. The van der Waals surface area contributed by atoms with Crippen molar-refractivity contribution in [3.05, 3.63) is 23.2 Å². The molecular formula is C15H21NO4. The molecule has 5 heteroatoms. The highest BCUT2D eigenvalue weighted by atomic mass is 16.4. The fourth-order valence-electron chi connectivity index (χ4n) is 2.54. The Balaban J connectivity index is 2.16. The second-order valence-electron chi connectivity index (χ2n) is 5.70. The number of furan rings is 1. The predicted molar refractivity (Wildman–Crippen MR) is 73.8 cm³/mol. The molecule has 0 spiro atoms. The minimum absolute atomic E-state index is 0.121. The van der Waals surface area contributed by atoms with Gasteiger partial charge < -0.3 is 14.4 Å². The third kappa shape index (κ3) is 2.86. The maximum absolute atomic E-state index is 12.5. The molecule has 1 aliphatic heterocycles. The minimum atomic E-state index is -0.825. The summed E-state index contributed by atoms with van der Waals surface area (Å²) in [6.07, 6.45) is 1.37. The molecule has 1 N–H and O–H groups in total. The zero-order chi connectivity index (χ0) is 14.9. The van der Waals surface area contributed by atoms with Crippen LogP contribution in [-0.2, 0) is 4.79 Å². The summed E-state index contributed by atoms with van der Waals surface area (Å²) >= 11 is 0. The number of carboxylic acids is 1. The fraction of sp³-hybridized carbons (Fsp3) is 0.600. The van der Waals surface area contributed by atoms with Crippen LogP contribution in [0, 0.1) is 12.8 Å². The molecule has 1 aromatic rings. The highest BCUT2D eigenvalue weighted by Gasteiger charge is 2.30. The van der Waals surface area contributed by atoms with E-state index in [0.29, 0.717) is 24.3 Å². The van der Waals surface area contributed by atoms with Crippen LogP contribution < -0.4 is 0 Å². The van der Waals surface area contributed by atoms with Crippen LogP contribution in [0.1, 0.15) is 54.5 Å². The quantitative estimate of drug-likeness (QED) is 0.923. The van der Waals surface area contributed by atoms with E-state index >= 15 is 0 Å². The molecule has 20 heavy (non-hydrogen) atoms. The number of likely N-dealkylation sites (tertiary alicyclic amines) is 1. The third-order valence-electron chi connectivity index (χ3n) is 3.79. The lowest BCUT2D eigenvalue weighted by Gasteiger charge is -2.30. The number of nitrogens with zero attached hydrogens (tertiary/aromatic N) is 1. The van der Waals surface area contributed by atoms with Crippen LogP contribution in [0.2, 0.25) is 0 Å². The van der Waals surface area contributed by atoms with Gasteiger partial charge in [0, 0.05) is 19.0 Å². The van der Waals surface area contributed by atoms with Crippen molar-refractivity contribution in [2.75, 3.05) is 13.1 Å². The number of amides is 1. The van der Waals surface area contributed by atoms with Crippen molar-refractivity contribution in [3.63, 3.8) is 0 Å². The summed E-state index contributed by atoms with van der Waals surface area (Å²) in [4.78, 5) is 25.2. The summed E-state index contributed by atoms with van der Waals surface area (Å²) in [5.41, 5.74) is 0.555. The number of aliphatic carboxylic acids is 1. The van der Waals surface area contributed by atoms with Crippen LogP contribution in [0.5, 0.6) is 0 Å². The standard InChI is InChI=1S/C15H21NO4/c1-9(2)13-7-12(10(3)20-13)14(17)16-6-4-5-11(8-16)15(18)19/h7,9,11H,4-6,8H2,1-3H3,(H,18,19)/t11-/m0/s1. The van der Waals surface area contributed by atoms with Gasteiger partial charge in [0.05, 0.1) is 11.5 Å². The molecule has 1 saturated heterocycles. The van der Waals surface area contributed by atoms with Crippen molar-refractivity contribution in [1.82, 2.24) is 4.90 Å². The Labute approximate surface area is 118 Å². The molecule has 1 amide bonds. The Bertz CT molecular complexity index is 518. The first-order valence-corrected chi connectivity index (χ1v) is 7.02. The summed E-state index contributed by atoms with van der Waals surface area (Å²) in [5, 5.41) is 9.08. The Morgan fingerprint density at radius 3 is 2.70 bits per heavy atom. The van der Waals surface area contributed by atoms with E-state index in [1.54, 1.807) is 17.9 Å². The summed E-state index contributed by atoms with van der Waals surface area (Å²) in [5.74, 6) is 0.222. The SMILES string of the molecule is Cc1oc(C(C)C)cc1C(=O)N1CCC[C@H](C(=O)O)C1. The molecular weight excluding hydrogens is 258 g/mol. The second kappa shape index (κ2) is 5.69. The molecule has 1 aliphatic rings. The molecule has 2 rings (SSSR count). The van der Waals surface area contributed by atoms with Gasteiger partial charge in [-0.15, -0.1) is 0 Å². The molecule has 0 unspecified atom stereocenters. The van der Waals surface area contributed by atoms with Crippen molar-refractivity contribution in [3.8, 4) is 0 Å². The fourth-order valence-corrected chi connectivity index (χ4v) is 2.54. The van der Waals surface area contributed by atoms with Gasteiger partial charge in [0.1, 0.15) is 11.5 Å². The lowest BCUT2D eigenvalue weighted by molar-refractivity contribution is -0.143. The molecule has 0 aromatic carbocycles. The van der Waals surface area contributed by atoms with E-state index in [9.17, 15) is 9.59 Å². The summed E-state index contributed by atoms with van der Waals surface area (Å²) < 4.78 is 5.60. The number of carbonyl (C=O) groups is 2. The normalized spacial score (nSPS) is 19.4. The number of carbonyl (C=O) groups excluding carboxylic acids is 1. The van der Waals surface area contributed by atoms with Crippen LogP contribution >= 0.6 is 0 Å². The summed E-state index contributed by atoms with van der Waals surface area (Å²) in [6.45, 7) is 6.69. The van der Waals surface area contributed by atoms with Crippen molar-refractivity contribution in [1.29, 1.82) is 0 Å². The molecule has 1 atom stereocenters. The molecule has 110 valence electrons. The molecule has 2 heterocycles. The average molecular weight is 279 g/mol. The van der Waals surface area contributed by atoms with E-state index in [1.165, 1.54) is 0 Å². The van der Waals surface area contributed by atoms with Crippen LogP contribution in [0.25, 0.3) is 0 Å². The number of hydrogen-bond acceptors (Lipinski definition) is 3. The monoisotopic (exact) mass is 279 g/mol. The van der Waals surface area contributed by atoms with Gasteiger partial charge in [-0.3, -0.25) is 9.59 Å². The van der Waals surface area contributed by atoms with Gasteiger partial charge in [-0.1, -0.05) is 13.8 Å². The third-order valence-corrected chi connectivity index (χ3v) is 3.79. The van der Waals surface area contributed by atoms with Crippen molar-refractivity contribution in [2.24, 2.45) is 5.92 Å². The van der Waals surface area contributed by atoms with Gasteiger partial charge in [0.25, 0.3) is 5.91 Å². The molecule has 0 aliphatic carbocycles. The van der Waals surface area contributed by atoms with Gasteiger partial charge in [-0.2, -0.15) is 0 Å². The number of aryl methyl sites for hydroxylation is 1. The van der Waals surface area contributed by atoms with Crippen LogP contribution in [0.15, 0.2) is 10.5 Å². The van der Waals surface area contributed by atoms with Crippen LogP contribution in [0.4, 0.5) is 0 Å². The zero-order valence-corrected chi connectivity index (χ0v) is 12.2. The lowest BCUT2D eigenvalue weighted by Crippen LogP contribution is -2.42. The summed E-state index contributed by atoms with van der Waals surface area (Å²) in [7, 11) is 0. The smallest absolute Gasteiger partial charge is 0.308 e. The first-order valence-electron chi connectivity index (χ1n) is 7.02. The van der Waals surface area contributed by atoms with Gasteiger partial charge >= 0.3 is 5.97 Å². The molecule has 5 nitrogen and oxygen atoms in total. The Morgan fingerprint density at radius 1 is 1.45 bits per heavy atom. The second-order valence-corrected chi connectivity index (χ2v) is 5.70. The highest BCUT2D eigenvalue weighted by molar-refractivity contribution is 5.95.